The number of carbonyl (C=O) groups excluding carboxylic acids is 1. The summed E-state index contributed by atoms with van der Waals surface area (Å²) in [5.41, 5.74) is 0.364. The Hall–Kier alpha value is -2.28. The van der Waals surface area contributed by atoms with E-state index in [9.17, 15) is 13.2 Å². The van der Waals surface area contributed by atoms with Crippen molar-refractivity contribution in [3.63, 3.8) is 0 Å². The molecule has 9 heteroatoms. The summed E-state index contributed by atoms with van der Waals surface area (Å²) in [6.07, 6.45) is 1.62. The summed E-state index contributed by atoms with van der Waals surface area (Å²) < 4.78 is 25.7. The van der Waals surface area contributed by atoms with E-state index in [2.05, 4.69) is 10.3 Å². The van der Waals surface area contributed by atoms with Gasteiger partial charge in [0.2, 0.25) is 15.9 Å². The molecule has 0 saturated heterocycles. The topological polar surface area (TPSA) is 103 Å². The summed E-state index contributed by atoms with van der Waals surface area (Å²) in [6, 6.07) is 7.43. The monoisotopic (exact) mass is 350 g/mol. The summed E-state index contributed by atoms with van der Waals surface area (Å²) >= 11 is 1.31. The van der Waals surface area contributed by atoms with Gasteiger partial charge in [0.1, 0.15) is 0 Å². The van der Waals surface area contributed by atoms with Gasteiger partial charge in [-0.2, -0.15) is 9.57 Å². The summed E-state index contributed by atoms with van der Waals surface area (Å²) in [7, 11) is -2.48. The van der Waals surface area contributed by atoms with Gasteiger partial charge in [0, 0.05) is 18.1 Å². The van der Waals surface area contributed by atoms with Gasteiger partial charge >= 0.3 is 0 Å². The molecule has 120 valence electrons. The molecule has 1 heterocycles. The van der Waals surface area contributed by atoms with Gasteiger partial charge < -0.3 is 5.32 Å². The molecule has 0 aliphatic heterocycles. The van der Waals surface area contributed by atoms with Gasteiger partial charge in [-0.3, -0.25) is 4.79 Å². The van der Waals surface area contributed by atoms with Crippen LogP contribution < -0.4 is 5.32 Å². The van der Waals surface area contributed by atoms with Crippen LogP contribution in [0.2, 0.25) is 0 Å². The van der Waals surface area contributed by atoms with Gasteiger partial charge in [0.05, 0.1) is 23.1 Å². The molecule has 0 radical (unpaired) electrons. The molecule has 23 heavy (non-hydrogen) atoms. The molecule has 0 fully saturated rings. The predicted octanol–water partition coefficient (Wildman–Crippen LogP) is 1.58. The van der Waals surface area contributed by atoms with Crippen LogP contribution in [0.5, 0.6) is 0 Å². The lowest BCUT2D eigenvalue weighted by molar-refractivity contribution is -0.116. The Labute approximate surface area is 138 Å². The number of sulfonamides is 1. The fourth-order valence-electron chi connectivity index (χ4n) is 1.74. The van der Waals surface area contributed by atoms with Crippen LogP contribution in [0, 0.1) is 18.3 Å². The molecule has 0 unspecified atom stereocenters. The molecule has 2 rings (SSSR count). The molecule has 1 amide bonds. The fourth-order valence-corrected chi connectivity index (χ4v) is 3.55. The zero-order chi connectivity index (χ0) is 17.0. The third kappa shape index (κ3) is 4.13. The van der Waals surface area contributed by atoms with Crippen molar-refractivity contribution in [2.75, 3.05) is 18.9 Å². The van der Waals surface area contributed by atoms with E-state index in [0.29, 0.717) is 10.7 Å². The summed E-state index contributed by atoms with van der Waals surface area (Å²) in [4.78, 5) is 16.9. The first-order valence-corrected chi connectivity index (χ1v) is 8.77. The second kappa shape index (κ2) is 6.87. The number of anilines is 1. The average molecular weight is 350 g/mol. The second-order valence-corrected chi connectivity index (χ2v) is 8.00. The third-order valence-corrected chi connectivity index (χ3v) is 5.57. The van der Waals surface area contributed by atoms with Gasteiger partial charge in [-0.1, -0.05) is 0 Å². The molecule has 0 atom stereocenters. The number of rotatable bonds is 5. The van der Waals surface area contributed by atoms with Crippen LogP contribution in [0.3, 0.4) is 0 Å². The van der Waals surface area contributed by atoms with E-state index in [-0.39, 0.29) is 11.4 Å². The predicted molar refractivity (Wildman–Crippen MR) is 86.5 cm³/mol. The Morgan fingerprint density at radius 2 is 2.04 bits per heavy atom. The smallest absolute Gasteiger partial charge is 0.243 e. The zero-order valence-corrected chi connectivity index (χ0v) is 14.1. The van der Waals surface area contributed by atoms with E-state index in [1.165, 1.54) is 42.6 Å². The number of nitrogens with zero attached hydrogens (tertiary/aromatic N) is 3. The van der Waals surface area contributed by atoms with Crippen LogP contribution in [0.4, 0.5) is 5.13 Å². The van der Waals surface area contributed by atoms with Crippen molar-refractivity contribution in [3.8, 4) is 6.07 Å². The fraction of sp³-hybridized carbons (Fsp3) is 0.214. The zero-order valence-electron chi connectivity index (χ0n) is 12.5. The Morgan fingerprint density at radius 1 is 1.39 bits per heavy atom. The SMILES string of the molecule is Cc1cnc(NC(=O)CN(C)S(=O)(=O)c2ccc(C#N)cc2)s1. The molecule has 1 N–H and O–H groups in total. The van der Waals surface area contributed by atoms with Gasteiger partial charge in [0.25, 0.3) is 0 Å². The molecule has 0 saturated carbocycles. The number of carbonyl (C=O) groups is 1. The lowest BCUT2D eigenvalue weighted by Crippen LogP contribution is -2.34. The Bertz CT molecular complexity index is 851. The maximum Gasteiger partial charge on any atom is 0.243 e. The normalized spacial score (nSPS) is 11.2. The van der Waals surface area contributed by atoms with Gasteiger partial charge in [-0.05, 0) is 31.2 Å². The van der Waals surface area contributed by atoms with Crippen LogP contribution in [0.15, 0.2) is 35.4 Å². The maximum absolute atomic E-state index is 12.4. The number of nitriles is 1. The van der Waals surface area contributed by atoms with E-state index in [1.807, 2.05) is 13.0 Å². The number of aromatic nitrogens is 1. The van der Waals surface area contributed by atoms with Gasteiger partial charge in [0.15, 0.2) is 5.13 Å². The Balaban J connectivity index is 2.07. The molecule has 7 nitrogen and oxygen atoms in total. The second-order valence-electron chi connectivity index (χ2n) is 4.72. The molecular formula is C14H14N4O3S2. The lowest BCUT2D eigenvalue weighted by atomic mass is 10.2. The highest BCUT2D eigenvalue weighted by Gasteiger charge is 2.23. The minimum Gasteiger partial charge on any atom is -0.301 e. The first kappa shape index (κ1) is 17.1. The van der Waals surface area contributed by atoms with Crippen LogP contribution in [0.1, 0.15) is 10.4 Å². The Kier molecular flexibility index (Phi) is 5.10. The summed E-state index contributed by atoms with van der Waals surface area (Å²) in [6.45, 7) is 1.52. The van der Waals surface area contributed by atoms with Crippen molar-refractivity contribution >= 4 is 32.4 Å². The van der Waals surface area contributed by atoms with Crippen LogP contribution in [-0.4, -0.2) is 37.2 Å². The van der Waals surface area contributed by atoms with Crippen molar-refractivity contribution in [3.05, 3.63) is 40.9 Å². The van der Waals surface area contributed by atoms with Crippen LogP contribution in [-0.2, 0) is 14.8 Å². The maximum atomic E-state index is 12.4. The molecule has 0 aliphatic rings. The number of likely N-dealkylation sites (N-methyl/N-ethyl adjacent to an activating group) is 1. The van der Waals surface area contributed by atoms with Crippen molar-refractivity contribution in [1.82, 2.24) is 9.29 Å². The van der Waals surface area contributed by atoms with Crippen molar-refractivity contribution in [2.45, 2.75) is 11.8 Å². The first-order valence-electron chi connectivity index (χ1n) is 6.51. The largest absolute Gasteiger partial charge is 0.301 e. The van der Waals surface area contributed by atoms with E-state index in [4.69, 9.17) is 5.26 Å². The first-order chi connectivity index (χ1) is 10.8. The molecule has 1 aromatic heterocycles. The van der Waals surface area contributed by atoms with E-state index >= 15 is 0 Å². The third-order valence-electron chi connectivity index (χ3n) is 2.93. The van der Waals surface area contributed by atoms with E-state index in [1.54, 1.807) is 6.20 Å². The van der Waals surface area contributed by atoms with Crippen molar-refractivity contribution in [1.29, 1.82) is 5.26 Å². The van der Waals surface area contributed by atoms with Crippen molar-refractivity contribution < 1.29 is 13.2 Å². The van der Waals surface area contributed by atoms with Gasteiger partial charge in [-0.25, -0.2) is 13.4 Å². The Morgan fingerprint density at radius 3 is 2.57 bits per heavy atom. The summed E-state index contributed by atoms with van der Waals surface area (Å²) in [5.74, 6) is -0.473. The number of hydrogen-bond donors (Lipinski definition) is 1. The molecular weight excluding hydrogens is 336 g/mol. The number of benzene rings is 1. The number of nitrogens with one attached hydrogen (secondary N) is 1. The van der Waals surface area contributed by atoms with Crippen LogP contribution >= 0.6 is 11.3 Å². The van der Waals surface area contributed by atoms with Gasteiger partial charge in [-0.15, -0.1) is 11.3 Å². The lowest BCUT2D eigenvalue weighted by Gasteiger charge is -2.16. The minimum atomic E-state index is -3.80. The quantitative estimate of drug-likeness (QED) is 0.882. The minimum absolute atomic E-state index is 0.0249. The number of thiazole rings is 1. The highest BCUT2D eigenvalue weighted by atomic mass is 32.2. The summed E-state index contributed by atoms with van der Waals surface area (Å²) in [5, 5.41) is 11.7. The number of amides is 1. The van der Waals surface area contributed by atoms with Crippen LogP contribution in [0.25, 0.3) is 0 Å². The molecule has 0 spiro atoms. The van der Waals surface area contributed by atoms with E-state index in [0.717, 1.165) is 9.18 Å². The molecule has 1 aromatic carbocycles. The van der Waals surface area contributed by atoms with E-state index < -0.39 is 15.9 Å². The molecule has 0 aliphatic carbocycles. The number of aryl methyl sites for hydroxylation is 1. The highest BCUT2D eigenvalue weighted by molar-refractivity contribution is 7.89. The van der Waals surface area contributed by atoms with Crippen molar-refractivity contribution in [2.24, 2.45) is 0 Å². The average Bonchev–Trinajstić information content (AvgIpc) is 2.92. The molecule has 2 aromatic rings. The highest BCUT2D eigenvalue weighted by Crippen LogP contribution is 2.17. The standard InChI is InChI=1S/C14H14N4O3S2/c1-10-8-16-14(22-10)17-13(19)9-18(2)23(20,21)12-5-3-11(7-15)4-6-12/h3-6,8H,9H2,1-2H3,(H,16,17,19). The molecule has 0 bridgehead atoms. The number of hydrogen-bond acceptors (Lipinski definition) is 6.